The summed E-state index contributed by atoms with van der Waals surface area (Å²) < 4.78 is 10.5. The molecule has 7 nitrogen and oxygen atoms in total. The van der Waals surface area contributed by atoms with Crippen molar-refractivity contribution >= 4 is 23.0 Å². The summed E-state index contributed by atoms with van der Waals surface area (Å²) in [5.41, 5.74) is 3.98. The molecule has 0 spiro atoms. The molecule has 0 saturated carbocycles. The van der Waals surface area contributed by atoms with Crippen LogP contribution in [0.25, 0.3) is 10.9 Å². The Balaban J connectivity index is 1.60. The Labute approximate surface area is 187 Å². The second kappa shape index (κ2) is 9.44. The van der Waals surface area contributed by atoms with E-state index in [-0.39, 0.29) is 30.6 Å². The van der Waals surface area contributed by atoms with E-state index in [0.29, 0.717) is 6.42 Å². The van der Waals surface area contributed by atoms with Crippen LogP contribution in [-0.4, -0.2) is 36.2 Å². The minimum atomic E-state index is -0.500. The highest BCUT2D eigenvalue weighted by Crippen LogP contribution is 2.35. The lowest BCUT2D eigenvalue weighted by Crippen LogP contribution is -2.54. The number of esters is 1. The first-order valence-corrected chi connectivity index (χ1v) is 10.9. The maximum Gasteiger partial charge on any atom is 0.407 e. The SMILES string of the molecule is COC(=O)[C@@H]1Cc2c([nH]c3ccccc23)[C@@H]([C@@H](NC(=O)OCc2ccccc2)C(C)C)N1. The second-order valence-electron chi connectivity index (χ2n) is 8.46. The zero-order chi connectivity index (χ0) is 22.7. The van der Waals surface area contributed by atoms with Crippen molar-refractivity contribution in [2.45, 2.75) is 45.0 Å². The lowest BCUT2D eigenvalue weighted by Gasteiger charge is -2.37. The molecule has 3 atom stereocenters. The standard InChI is InChI=1S/C25H29N3O4/c1-15(2)21(28-25(30)32-14-16-9-5-4-6-10-16)23-22-18(13-20(27-23)24(29)31-3)17-11-7-8-12-19(17)26-22/h4-12,15,20-21,23,26-27H,13-14H2,1-3H3,(H,28,30)/t20-,21-,23+/m0/s1. The van der Waals surface area contributed by atoms with Gasteiger partial charge in [-0.05, 0) is 23.1 Å². The van der Waals surface area contributed by atoms with E-state index in [9.17, 15) is 9.59 Å². The molecular weight excluding hydrogens is 406 g/mol. The first-order valence-electron chi connectivity index (χ1n) is 10.9. The predicted octanol–water partition coefficient (Wildman–Crippen LogP) is 3.85. The van der Waals surface area contributed by atoms with Crippen LogP contribution in [0.15, 0.2) is 54.6 Å². The van der Waals surface area contributed by atoms with Crippen molar-refractivity contribution in [1.29, 1.82) is 0 Å². The molecule has 7 heteroatoms. The number of methoxy groups -OCH3 is 1. The van der Waals surface area contributed by atoms with Gasteiger partial charge in [0.1, 0.15) is 12.6 Å². The van der Waals surface area contributed by atoms with Crippen LogP contribution < -0.4 is 10.6 Å². The number of para-hydroxylation sites is 1. The molecule has 0 radical (unpaired) electrons. The van der Waals surface area contributed by atoms with Crippen LogP contribution in [0.1, 0.15) is 36.7 Å². The number of aromatic nitrogens is 1. The summed E-state index contributed by atoms with van der Waals surface area (Å²) in [6.07, 6.45) is 0.0263. The van der Waals surface area contributed by atoms with Gasteiger partial charge in [-0.3, -0.25) is 10.1 Å². The van der Waals surface area contributed by atoms with Crippen molar-refractivity contribution < 1.29 is 19.1 Å². The maximum absolute atomic E-state index is 12.7. The number of ether oxygens (including phenoxy) is 2. The number of aromatic amines is 1. The minimum Gasteiger partial charge on any atom is -0.468 e. The van der Waals surface area contributed by atoms with Crippen LogP contribution in [0.4, 0.5) is 4.79 Å². The Morgan fingerprint density at radius 2 is 1.81 bits per heavy atom. The van der Waals surface area contributed by atoms with Gasteiger partial charge in [0.2, 0.25) is 0 Å². The van der Waals surface area contributed by atoms with Crippen molar-refractivity contribution in [1.82, 2.24) is 15.6 Å². The third-order valence-electron chi connectivity index (χ3n) is 6.01. The van der Waals surface area contributed by atoms with Crippen molar-refractivity contribution in [3.8, 4) is 0 Å². The Bertz CT molecular complexity index is 1090. The molecule has 2 aromatic carbocycles. The number of H-pyrrole nitrogens is 1. The maximum atomic E-state index is 12.7. The van der Waals surface area contributed by atoms with Crippen LogP contribution in [-0.2, 0) is 27.3 Å². The fourth-order valence-corrected chi connectivity index (χ4v) is 4.38. The Kier molecular flexibility index (Phi) is 6.46. The van der Waals surface area contributed by atoms with Crippen LogP contribution in [0.3, 0.4) is 0 Å². The second-order valence-corrected chi connectivity index (χ2v) is 8.46. The van der Waals surface area contributed by atoms with Gasteiger partial charge in [-0.25, -0.2) is 4.79 Å². The van der Waals surface area contributed by atoms with Gasteiger partial charge in [-0.2, -0.15) is 0 Å². The topological polar surface area (TPSA) is 92.5 Å². The molecule has 3 aromatic rings. The first-order chi connectivity index (χ1) is 15.5. The summed E-state index contributed by atoms with van der Waals surface area (Å²) in [6, 6.07) is 16.5. The monoisotopic (exact) mass is 435 g/mol. The highest BCUT2D eigenvalue weighted by Gasteiger charge is 2.39. The normalized spacial score (nSPS) is 18.8. The number of benzene rings is 2. The zero-order valence-corrected chi connectivity index (χ0v) is 18.6. The quantitative estimate of drug-likeness (QED) is 0.512. The average molecular weight is 436 g/mol. The molecule has 1 amide bonds. The van der Waals surface area contributed by atoms with Gasteiger partial charge in [0, 0.05) is 23.0 Å². The Morgan fingerprint density at radius 1 is 1.09 bits per heavy atom. The molecular formula is C25H29N3O4. The molecule has 32 heavy (non-hydrogen) atoms. The molecule has 3 N–H and O–H groups in total. The van der Waals surface area contributed by atoms with Crippen molar-refractivity contribution in [3.63, 3.8) is 0 Å². The van der Waals surface area contributed by atoms with E-state index in [4.69, 9.17) is 9.47 Å². The van der Waals surface area contributed by atoms with Crippen LogP contribution in [0.2, 0.25) is 0 Å². The lowest BCUT2D eigenvalue weighted by molar-refractivity contribution is -0.143. The van der Waals surface area contributed by atoms with Crippen molar-refractivity contribution in [2.24, 2.45) is 5.92 Å². The van der Waals surface area contributed by atoms with Crippen molar-refractivity contribution in [3.05, 3.63) is 71.4 Å². The summed E-state index contributed by atoms with van der Waals surface area (Å²) in [5.74, 6) is -0.243. The molecule has 0 bridgehead atoms. The summed E-state index contributed by atoms with van der Waals surface area (Å²) >= 11 is 0. The molecule has 1 aromatic heterocycles. The minimum absolute atomic E-state index is 0.0763. The third-order valence-corrected chi connectivity index (χ3v) is 6.01. The molecule has 0 fully saturated rings. The van der Waals surface area contributed by atoms with Gasteiger partial charge in [0.05, 0.1) is 19.2 Å². The summed E-state index contributed by atoms with van der Waals surface area (Å²) in [7, 11) is 1.39. The largest absolute Gasteiger partial charge is 0.468 e. The van der Waals surface area contributed by atoms with E-state index < -0.39 is 12.1 Å². The predicted molar refractivity (Wildman–Crippen MR) is 122 cm³/mol. The van der Waals surface area contributed by atoms with Gasteiger partial charge in [-0.1, -0.05) is 62.4 Å². The van der Waals surface area contributed by atoms with E-state index in [2.05, 4.69) is 15.6 Å². The number of carbonyl (C=O) groups excluding carboxylic acids is 2. The molecule has 4 rings (SSSR count). The Morgan fingerprint density at radius 3 is 2.53 bits per heavy atom. The summed E-state index contributed by atoms with van der Waals surface area (Å²) in [6.45, 7) is 4.26. The van der Waals surface area contributed by atoms with E-state index in [1.54, 1.807) is 0 Å². The van der Waals surface area contributed by atoms with E-state index in [0.717, 1.165) is 27.7 Å². The molecule has 1 aliphatic heterocycles. The van der Waals surface area contributed by atoms with E-state index in [1.807, 2.05) is 68.4 Å². The van der Waals surface area contributed by atoms with Gasteiger partial charge >= 0.3 is 12.1 Å². The summed E-state index contributed by atoms with van der Waals surface area (Å²) in [4.78, 5) is 28.6. The van der Waals surface area contributed by atoms with Gasteiger partial charge in [-0.15, -0.1) is 0 Å². The molecule has 0 aliphatic carbocycles. The number of carbonyl (C=O) groups is 2. The number of rotatable bonds is 6. The smallest absolute Gasteiger partial charge is 0.407 e. The number of amides is 1. The third kappa shape index (κ3) is 4.48. The highest BCUT2D eigenvalue weighted by atomic mass is 16.5. The van der Waals surface area contributed by atoms with Crippen LogP contribution in [0.5, 0.6) is 0 Å². The van der Waals surface area contributed by atoms with Gasteiger partial charge in [0.15, 0.2) is 0 Å². The molecule has 168 valence electrons. The molecule has 1 aliphatic rings. The van der Waals surface area contributed by atoms with Crippen LogP contribution in [0, 0.1) is 5.92 Å². The molecule has 0 saturated heterocycles. The molecule has 0 unspecified atom stereocenters. The number of alkyl carbamates (subject to hydrolysis) is 1. The fourth-order valence-electron chi connectivity index (χ4n) is 4.38. The van der Waals surface area contributed by atoms with Gasteiger partial charge < -0.3 is 19.8 Å². The van der Waals surface area contributed by atoms with Gasteiger partial charge in [0.25, 0.3) is 0 Å². The number of hydrogen-bond donors (Lipinski definition) is 3. The molecule has 2 heterocycles. The van der Waals surface area contributed by atoms with E-state index >= 15 is 0 Å². The fraction of sp³-hybridized carbons (Fsp3) is 0.360. The average Bonchev–Trinajstić information content (AvgIpc) is 3.19. The number of fused-ring (bicyclic) bond motifs is 3. The lowest BCUT2D eigenvalue weighted by atomic mass is 9.86. The first kappa shape index (κ1) is 21.9. The zero-order valence-electron chi connectivity index (χ0n) is 18.6. The van der Waals surface area contributed by atoms with Crippen molar-refractivity contribution in [2.75, 3.05) is 7.11 Å². The Hall–Kier alpha value is -3.32. The number of nitrogens with one attached hydrogen (secondary N) is 3. The highest BCUT2D eigenvalue weighted by molar-refractivity contribution is 5.87. The van der Waals surface area contributed by atoms with Crippen LogP contribution >= 0.6 is 0 Å². The van der Waals surface area contributed by atoms with E-state index in [1.165, 1.54) is 7.11 Å². The summed E-state index contributed by atoms with van der Waals surface area (Å²) in [5, 5.41) is 7.51. The number of hydrogen-bond acceptors (Lipinski definition) is 5.